The van der Waals surface area contributed by atoms with Crippen LogP contribution >= 0.6 is 0 Å². The maximum absolute atomic E-state index is 5.39. The van der Waals surface area contributed by atoms with Crippen molar-refractivity contribution in [2.75, 3.05) is 14.2 Å². The lowest BCUT2D eigenvalue weighted by Crippen LogP contribution is -2.24. The average molecular weight is 225 g/mol. The van der Waals surface area contributed by atoms with Crippen LogP contribution in [0.3, 0.4) is 0 Å². The van der Waals surface area contributed by atoms with Gasteiger partial charge >= 0.3 is 0 Å². The highest BCUT2D eigenvalue weighted by molar-refractivity contribution is 5.14. The van der Waals surface area contributed by atoms with Gasteiger partial charge in [-0.2, -0.15) is 5.10 Å². The van der Waals surface area contributed by atoms with Crippen LogP contribution in [0.4, 0.5) is 0 Å². The molecule has 0 unspecified atom stereocenters. The smallest absolute Gasteiger partial charge is 0.0640 e. The third kappa shape index (κ3) is 3.61. The fourth-order valence-corrected chi connectivity index (χ4v) is 1.52. The Labute approximate surface area is 98.0 Å². The third-order valence-corrected chi connectivity index (χ3v) is 2.91. The predicted molar refractivity (Wildman–Crippen MR) is 65.4 cm³/mol. The molecule has 0 bridgehead atoms. The van der Waals surface area contributed by atoms with Crippen LogP contribution in [0.15, 0.2) is 6.20 Å². The van der Waals surface area contributed by atoms with Gasteiger partial charge in [0.05, 0.1) is 11.3 Å². The zero-order chi connectivity index (χ0) is 12.2. The molecule has 0 saturated carbocycles. The van der Waals surface area contributed by atoms with Crippen LogP contribution < -0.4 is 5.32 Å². The number of nitrogens with one attached hydrogen (secondary N) is 1. The van der Waals surface area contributed by atoms with Crippen LogP contribution in [-0.2, 0) is 17.8 Å². The predicted octanol–water partition coefficient (Wildman–Crippen LogP) is 1.73. The summed E-state index contributed by atoms with van der Waals surface area (Å²) in [5.74, 6) is 0. The zero-order valence-corrected chi connectivity index (χ0v) is 11.0. The highest BCUT2D eigenvalue weighted by Gasteiger charge is 2.16. The van der Waals surface area contributed by atoms with Gasteiger partial charge in [-0.05, 0) is 34.2 Å². The summed E-state index contributed by atoms with van der Waals surface area (Å²) >= 11 is 0. The normalized spacial score (nSPS) is 12.1. The van der Waals surface area contributed by atoms with Crippen molar-refractivity contribution in [3.8, 4) is 0 Å². The maximum atomic E-state index is 5.39. The lowest BCUT2D eigenvalue weighted by atomic mass is 10.1. The molecular weight excluding hydrogens is 202 g/mol. The van der Waals surface area contributed by atoms with E-state index in [9.17, 15) is 0 Å². The Morgan fingerprint density at radius 3 is 2.75 bits per heavy atom. The SMILES string of the molecule is CNCc1cn(CCC(C)(C)OC)nc1C. The Bertz CT molecular complexity index is 331. The van der Waals surface area contributed by atoms with E-state index >= 15 is 0 Å². The van der Waals surface area contributed by atoms with E-state index in [0.717, 1.165) is 25.2 Å². The second-order valence-electron chi connectivity index (χ2n) is 4.75. The summed E-state index contributed by atoms with van der Waals surface area (Å²) in [6.07, 6.45) is 3.07. The largest absolute Gasteiger partial charge is 0.379 e. The van der Waals surface area contributed by atoms with Crippen molar-refractivity contribution in [2.24, 2.45) is 0 Å². The fraction of sp³-hybridized carbons (Fsp3) is 0.750. The van der Waals surface area contributed by atoms with Gasteiger partial charge in [-0.1, -0.05) is 0 Å². The van der Waals surface area contributed by atoms with E-state index in [4.69, 9.17) is 4.74 Å². The van der Waals surface area contributed by atoms with Crippen molar-refractivity contribution < 1.29 is 4.74 Å². The maximum Gasteiger partial charge on any atom is 0.0640 e. The van der Waals surface area contributed by atoms with E-state index < -0.39 is 0 Å². The minimum absolute atomic E-state index is 0.0803. The second kappa shape index (κ2) is 5.46. The molecule has 0 aliphatic carbocycles. The molecular formula is C12H23N3O. The van der Waals surface area contributed by atoms with Crippen molar-refractivity contribution in [1.29, 1.82) is 0 Å². The molecule has 0 aliphatic heterocycles. The third-order valence-electron chi connectivity index (χ3n) is 2.91. The lowest BCUT2D eigenvalue weighted by molar-refractivity contribution is 0.0113. The first-order chi connectivity index (χ1) is 7.48. The number of methoxy groups -OCH3 is 1. The topological polar surface area (TPSA) is 39.1 Å². The van der Waals surface area contributed by atoms with Gasteiger partial charge in [0.15, 0.2) is 0 Å². The molecule has 4 heteroatoms. The van der Waals surface area contributed by atoms with Crippen molar-refractivity contribution in [1.82, 2.24) is 15.1 Å². The van der Waals surface area contributed by atoms with Crippen molar-refractivity contribution in [2.45, 2.75) is 45.9 Å². The molecule has 0 aliphatic rings. The molecule has 0 saturated heterocycles. The standard InChI is InChI=1S/C12H23N3O/c1-10-11(8-13-4)9-15(14-10)7-6-12(2,3)16-5/h9,13H,6-8H2,1-5H3. The molecule has 4 nitrogen and oxygen atoms in total. The number of aryl methyl sites for hydroxylation is 2. The Morgan fingerprint density at radius 2 is 2.19 bits per heavy atom. The molecule has 1 rings (SSSR count). The summed E-state index contributed by atoms with van der Waals surface area (Å²) in [6.45, 7) is 8.01. The number of aromatic nitrogens is 2. The molecule has 1 aromatic rings. The Balaban J connectivity index is 2.58. The van der Waals surface area contributed by atoms with Crippen molar-refractivity contribution >= 4 is 0 Å². The number of ether oxygens (including phenoxy) is 1. The van der Waals surface area contributed by atoms with Gasteiger partial charge < -0.3 is 10.1 Å². The first-order valence-corrected chi connectivity index (χ1v) is 5.71. The van der Waals surface area contributed by atoms with Crippen LogP contribution in [0.25, 0.3) is 0 Å². The Morgan fingerprint density at radius 1 is 1.50 bits per heavy atom. The van der Waals surface area contributed by atoms with Gasteiger partial charge in [-0.25, -0.2) is 0 Å². The molecule has 0 spiro atoms. The number of hydrogen-bond acceptors (Lipinski definition) is 3. The van der Waals surface area contributed by atoms with Gasteiger partial charge in [0, 0.05) is 32.0 Å². The zero-order valence-electron chi connectivity index (χ0n) is 11.0. The van der Waals surface area contributed by atoms with Crippen LogP contribution in [-0.4, -0.2) is 29.5 Å². The molecule has 1 heterocycles. The first-order valence-electron chi connectivity index (χ1n) is 5.71. The van der Waals surface area contributed by atoms with Gasteiger partial charge in [0.25, 0.3) is 0 Å². The van der Waals surface area contributed by atoms with E-state index in [0.29, 0.717) is 0 Å². The molecule has 0 aromatic carbocycles. The summed E-state index contributed by atoms with van der Waals surface area (Å²) in [7, 11) is 3.70. The van der Waals surface area contributed by atoms with Crippen LogP contribution in [0.2, 0.25) is 0 Å². The van der Waals surface area contributed by atoms with E-state index in [-0.39, 0.29) is 5.60 Å². The molecule has 0 fully saturated rings. The minimum atomic E-state index is -0.0803. The van der Waals surface area contributed by atoms with Crippen molar-refractivity contribution in [3.63, 3.8) is 0 Å². The van der Waals surface area contributed by atoms with Crippen LogP contribution in [0.1, 0.15) is 31.5 Å². The first kappa shape index (κ1) is 13.2. The molecule has 0 amide bonds. The van der Waals surface area contributed by atoms with Crippen LogP contribution in [0, 0.1) is 6.92 Å². The van der Waals surface area contributed by atoms with E-state index in [2.05, 4.69) is 30.5 Å². The second-order valence-corrected chi connectivity index (χ2v) is 4.75. The molecule has 0 radical (unpaired) electrons. The summed E-state index contributed by atoms with van der Waals surface area (Å²) in [6, 6.07) is 0. The fourth-order valence-electron chi connectivity index (χ4n) is 1.52. The Kier molecular flexibility index (Phi) is 4.50. The average Bonchev–Trinajstić information content (AvgIpc) is 2.58. The molecule has 16 heavy (non-hydrogen) atoms. The highest BCUT2D eigenvalue weighted by Crippen LogP contribution is 2.14. The van der Waals surface area contributed by atoms with Crippen molar-refractivity contribution in [3.05, 3.63) is 17.5 Å². The van der Waals surface area contributed by atoms with E-state index in [1.165, 1.54) is 5.56 Å². The van der Waals surface area contributed by atoms with Crippen LogP contribution in [0.5, 0.6) is 0 Å². The molecule has 92 valence electrons. The Hall–Kier alpha value is -0.870. The summed E-state index contributed by atoms with van der Waals surface area (Å²) in [4.78, 5) is 0. The minimum Gasteiger partial charge on any atom is -0.379 e. The molecule has 1 N–H and O–H groups in total. The summed E-state index contributed by atoms with van der Waals surface area (Å²) in [5, 5.41) is 7.63. The van der Waals surface area contributed by atoms with Gasteiger partial charge in [-0.15, -0.1) is 0 Å². The van der Waals surface area contributed by atoms with Gasteiger partial charge in [0.1, 0.15) is 0 Å². The van der Waals surface area contributed by atoms with E-state index in [1.807, 2.05) is 18.7 Å². The molecule has 0 atom stereocenters. The lowest BCUT2D eigenvalue weighted by Gasteiger charge is -2.22. The van der Waals surface area contributed by atoms with E-state index in [1.54, 1.807) is 7.11 Å². The monoisotopic (exact) mass is 225 g/mol. The number of hydrogen-bond donors (Lipinski definition) is 1. The van der Waals surface area contributed by atoms with Gasteiger partial charge in [0.2, 0.25) is 0 Å². The quantitative estimate of drug-likeness (QED) is 0.801. The number of nitrogens with zero attached hydrogens (tertiary/aromatic N) is 2. The van der Waals surface area contributed by atoms with Gasteiger partial charge in [-0.3, -0.25) is 4.68 Å². The molecule has 1 aromatic heterocycles. The number of rotatable bonds is 6. The summed E-state index contributed by atoms with van der Waals surface area (Å²) in [5.41, 5.74) is 2.28. The highest BCUT2D eigenvalue weighted by atomic mass is 16.5. The summed E-state index contributed by atoms with van der Waals surface area (Å²) < 4.78 is 7.39.